The van der Waals surface area contributed by atoms with Crippen molar-refractivity contribution in [2.75, 3.05) is 24.6 Å². The third-order valence-corrected chi connectivity index (χ3v) is 8.38. The van der Waals surface area contributed by atoms with Crippen molar-refractivity contribution in [1.29, 1.82) is 0 Å². The Hall–Kier alpha value is 2.32. The Balaban J connectivity index is -0.000000240. The highest BCUT2D eigenvalue weighted by atomic mass is 127. The van der Waals surface area contributed by atoms with Crippen molar-refractivity contribution in [3.05, 3.63) is 0 Å². The topological polar surface area (TPSA) is 0 Å². The number of rotatable bonds is 8. The summed E-state index contributed by atoms with van der Waals surface area (Å²) < 4.78 is 0. The van der Waals surface area contributed by atoms with Gasteiger partial charge >= 0.3 is 0 Å². The molecule has 0 amide bonds. The third-order valence-electron chi connectivity index (χ3n) is 2.79. The molecule has 0 aromatic carbocycles. The summed E-state index contributed by atoms with van der Waals surface area (Å²) in [6.07, 6.45) is 11.9. The van der Waals surface area contributed by atoms with Gasteiger partial charge in [0.15, 0.2) is 0 Å². The molecule has 0 aromatic rings. The molecule has 1 atom stereocenters. The average molecular weight is 492 g/mol. The maximum absolute atomic E-state index is 2.36. The van der Waals surface area contributed by atoms with Crippen LogP contribution in [0.25, 0.3) is 0 Å². The highest BCUT2D eigenvalue weighted by molar-refractivity contribution is 7.75. The molecule has 0 spiro atoms. The van der Waals surface area contributed by atoms with Crippen LogP contribution in [0.15, 0.2) is 0 Å². The van der Waals surface area contributed by atoms with E-state index in [9.17, 15) is 0 Å². The fourth-order valence-electron chi connectivity index (χ4n) is 2.57. The van der Waals surface area contributed by atoms with E-state index in [1.165, 1.54) is 25.7 Å². The van der Waals surface area contributed by atoms with E-state index in [4.69, 9.17) is 0 Å². The zero-order valence-corrected chi connectivity index (χ0v) is 19.1. The minimum Gasteiger partial charge on any atom is -1.00 e. The van der Waals surface area contributed by atoms with E-state index in [-0.39, 0.29) is 57.9 Å². The van der Waals surface area contributed by atoms with Gasteiger partial charge in [-0.3, -0.25) is 0 Å². The molecule has 0 aliphatic carbocycles. The van der Waals surface area contributed by atoms with Gasteiger partial charge in [-0.2, -0.15) is 0 Å². The lowest BCUT2D eigenvalue weighted by molar-refractivity contribution is -0.00100. The summed E-state index contributed by atoms with van der Waals surface area (Å²) in [6, 6.07) is 0. The Labute approximate surface area is 142 Å². The van der Waals surface area contributed by atoms with E-state index in [0.29, 0.717) is 0 Å². The van der Waals surface area contributed by atoms with Gasteiger partial charge < -0.3 is 48.0 Å². The van der Waals surface area contributed by atoms with E-state index in [2.05, 4.69) is 27.7 Å². The fourth-order valence-corrected chi connectivity index (χ4v) is 7.70. The summed E-state index contributed by atoms with van der Waals surface area (Å²) in [6.45, 7) is 9.43. The van der Waals surface area contributed by atoms with E-state index < -0.39 is 7.26 Å². The van der Waals surface area contributed by atoms with Gasteiger partial charge in [0.2, 0.25) is 0 Å². The second-order valence-corrected chi connectivity index (χ2v) is 8.71. The second kappa shape index (κ2) is 17.3. The van der Waals surface area contributed by atoms with Crippen molar-refractivity contribution in [1.82, 2.24) is 0 Å². The molecular formula is C12H32I2P2. The third kappa shape index (κ3) is 11.4. The van der Waals surface area contributed by atoms with Crippen LogP contribution in [0.3, 0.4) is 0 Å². The van der Waals surface area contributed by atoms with Gasteiger partial charge in [-0.05, 0) is 35.6 Å². The molecular weight excluding hydrogens is 460 g/mol. The summed E-state index contributed by atoms with van der Waals surface area (Å²) in [5, 5.41) is 0. The van der Waals surface area contributed by atoms with Gasteiger partial charge in [0, 0.05) is 7.26 Å². The summed E-state index contributed by atoms with van der Waals surface area (Å²) >= 11 is 0. The van der Waals surface area contributed by atoms with Gasteiger partial charge in [0.05, 0.1) is 24.6 Å². The lowest BCUT2D eigenvalue weighted by Gasteiger charge is -2.26. The number of halogens is 2. The first kappa shape index (κ1) is 26.8. The lowest BCUT2D eigenvalue weighted by Crippen LogP contribution is -3.00. The maximum Gasteiger partial charge on any atom is 0.0591 e. The molecule has 0 aliphatic heterocycles. The molecule has 0 aromatic heterocycles. The standard InChI is InChI=1S/C12H28P.2HI.H3P/c1-5-9-13(10-6-2,11-7-3)12-8-4;;;/h5-12H2,1-4H3;2*1H;1H3/q+1;;;/p-1. The minimum atomic E-state index is -0.496. The normalized spacial score (nSPS) is 9.75. The first-order chi connectivity index (χ1) is 6.24. The quantitative estimate of drug-likeness (QED) is 0.285. The smallest absolute Gasteiger partial charge is 0.0591 e. The van der Waals surface area contributed by atoms with Crippen molar-refractivity contribution >= 4 is 17.2 Å². The molecule has 0 rings (SSSR count). The van der Waals surface area contributed by atoms with Crippen LogP contribution in [0.4, 0.5) is 0 Å². The molecule has 0 nitrogen and oxygen atoms in total. The van der Waals surface area contributed by atoms with Crippen molar-refractivity contribution in [2.24, 2.45) is 0 Å². The highest BCUT2D eigenvalue weighted by Crippen LogP contribution is 2.60. The van der Waals surface area contributed by atoms with E-state index in [1.54, 1.807) is 24.6 Å². The average Bonchev–Trinajstić information content (AvgIpc) is 2.06. The Morgan fingerprint density at radius 3 is 0.875 bits per heavy atom. The molecule has 0 bridgehead atoms. The molecule has 0 fully saturated rings. The van der Waals surface area contributed by atoms with Crippen LogP contribution in [-0.4, -0.2) is 24.6 Å². The Kier molecular flexibility index (Phi) is 29.0. The maximum atomic E-state index is 2.36. The molecule has 0 N–H and O–H groups in total. The Bertz CT molecular complexity index is 92.1. The largest absolute Gasteiger partial charge is 1.00 e. The molecule has 0 radical (unpaired) electrons. The predicted octanol–water partition coefficient (Wildman–Crippen LogP) is -1.56. The molecule has 4 heteroatoms. The summed E-state index contributed by atoms with van der Waals surface area (Å²) in [7, 11) is -0.496. The van der Waals surface area contributed by atoms with Crippen LogP contribution in [0.1, 0.15) is 53.4 Å². The van der Waals surface area contributed by atoms with Crippen LogP contribution >= 0.6 is 17.2 Å². The molecule has 16 heavy (non-hydrogen) atoms. The molecule has 0 saturated carbocycles. The van der Waals surface area contributed by atoms with Crippen LogP contribution in [0, 0.1) is 0 Å². The van der Waals surface area contributed by atoms with Gasteiger partial charge in [0.25, 0.3) is 0 Å². The molecule has 0 aliphatic rings. The molecule has 0 saturated heterocycles. The van der Waals surface area contributed by atoms with E-state index >= 15 is 0 Å². The van der Waals surface area contributed by atoms with Crippen molar-refractivity contribution in [3.63, 3.8) is 0 Å². The monoisotopic (exact) mass is 492 g/mol. The number of hydrogen-bond acceptors (Lipinski definition) is 0. The van der Waals surface area contributed by atoms with E-state index in [0.717, 1.165) is 0 Å². The molecule has 0 heterocycles. The summed E-state index contributed by atoms with van der Waals surface area (Å²) in [4.78, 5) is 0. The molecule has 1 unspecified atom stereocenters. The van der Waals surface area contributed by atoms with Gasteiger partial charge in [-0.15, -0.1) is 0 Å². The van der Waals surface area contributed by atoms with Crippen LogP contribution < -0.4 is 48.0 Å². The molecule has 104 valence electrons. The Morgan fingerprint density at radius 1 is 0.562 bits per heavy atom. The highest BCUT2D eigenvalue weighted by Gasteiger charge is 2.32. The van der Waals surface area contributed by atoms with Crippen LogP contribution in [-0.2, 0) is 0 Å². The van der Waals surface area contributed by atoms with Gasteiger partial charge in [0.1, 0.15) is 0 Å². The van der Waals surface area contributed by atoms with Gasteiger partial charge in [-0.25, -0.2) is 0 Å². The summed E-state index contributed by atoms with van der Waals surface area (Å²) in [5.74, 6) is 0. The summed E-state index contributed by atoms with van der Waals surface area (Å²) in [5.41, 5.74) is 0. The number of hydrogen-bond donors (Lipinski definition) is 0. The first-order valence-corrected chi connectivity index (χ1v) is 8.62. The van der Waals surface area contributed by atoms with Crippen LogP contribution in [0.2, 0.25) is 0 Å². The lowest BCUT2D eigenvalue weighted by atomic mass is 10.5. The zero-order valence-electron chi connectivity index (χ0n) is 11.9. The van der Waals surface area contributed by atoms with Crippen molar-refractivity contribution < 1.29 is 48.0 Å². The predicted molar refractivity (Wildman–Crippen MR) is 80.1 cm³/mol. The van der Waals surface area contributed by atoms with E-state index in [1.807, 2.05) is 0 Å². The first-order valence-electron chi connectivity index (χ1n) is 6.09. The second-order valence-electron chi connectivity index (χ2n) is 4.24. The fraction of sp³-hybridized carbons (Fsp3) is 1.00. The SMILES string of the molecule is CCC[P+](CCC)(CCC)CCC.[I-].[I-].[PH4+]. The zero-order chi connectivity index (χ0) is 10.2. The minimum absolute atomic E-state index is 0. The van der Waals surface area contributed by atoms with Crippen molar-refractivity contribution in [3.8, 4) is 0 Å². The van der Waals surface area contributed by atoms with Crippen LogP contribution in [0.5, 0.6) is 0 Å². The Morgan fingerprint density at radius 2 is 0.750 bits per heavy atom. The van der Waals surface area contributed by atoms with Gasteiger partial charge in [-0.1, -0.05) is 27.7 Å². The van der Waals surface area contributed by atoms with Crippen molar-refractivity contribution in [2.45, 2.75) is 53.4 Å².